The molecule has 3 aliphatic heterocycles. The number of amides is 3. The lowest BCUT2D eigenvalue weighted by Crippen LogP contribution is -2.50. The van der Waals surface area contributed by atoms with Crippen LogP contribution in [0.3, 0.4) is 0 Å². The molecule has 4 saturated carbocycles. The van der Waals surface area contributed by atoms with Crippen molar-refractivity contribution in [2.45, 2.75) is 270 Å². The van der Waals surface area contributed by atoms with Crippen molar-refractivity contribution in [1.29, 1.82) is 0 Å². The fraction of sp³-hybridized carbons (Fsp3) is 0.543. The van der Waals surface area contributed by atoms with Crippen LogP contribution in [0.1, 0.15) is 228 Å². The number of fused-ring (bicyclic) bond motifs is 4. The molecular formula is C94H131BClI4N19O15. The van der Waals surface area contributed by atoms with E-state index >= 15 is 0 Å². The number of rotatable bonds is 16. The Balaban J connectivity index is 0.000000181. The molecule has 0 spiro atoms. The molecule has 13 N–H and O–H groups in total. The molecule has 134 heavy (non-hydrogen) atoms. The Morgan fingerprint density at radius 2 is 0.963 bits per heavy atom. The van der Waals surface area contributed by atoms with Crippen molar-refractivity contribution in [2.75, 3.05) is 75.0 Å². The van der Waals surface area contributed by atoms with E-state index in [0.717, 1.165) is 185 Å². The zero-order valence-corrected chi connectivity index (χ0v) is 86.9. The van der Waals surface area contributed by atoms with E-state index in [9.17, 15) is 24.0 Å². The van der Waals surface area contributed by atoms with Crippen molar-refractivity contribution >= 4 is 219 Å². The number of nitrogens with two attached hydrogens (primary N) is 4. The van der Waals surface area contributed by atoms with Gasteiger partial charge in [-0.25, -0.2) is 49.5 Å². The molecule has 4 aliphatic carbocycles. The number of halogens is 5. The van der Waals surface area contributed by atoms with Gasteiger partial charge in [-0.3, -0.25) is 9.59 Å². The maximum atomic E-state index is 12.1. The number of ether oxygens (including phenoxy) is 6. The second kappa shape index (κ2) is 51.1. The maximum Gasteiger partial charge on any atom is 0.494 e. The number of allylic oxidation sites excluding steroid dienone is 1. The van der Waals surface area contributed by atoms with E-state index in [2.05, 4.69) is 189 Å². The molecule has 7 fully saturated rings. The first-order valence-corrected chi connectivity index (χ1v) is 49.3. The number of aryl methyl sites for hydroxylation is 1. The van der Waals surface area contributed by atoms with Crippen LogP contribution in [0.5, 0.6) is 0 Å². The number of methoxy groups -OCH3 is 1. The first-order chi connectivity index (χ1) is 62.9. The molecule has 34 nitrogen and oxygen atoms in total. The number of carbonyl (C=O) groups is 5. The third kappa shape index (κ3) is 30.5. The first kappa shape index (κ1) is 110. The zero-order chi connectivity index (χ0) is 95.2. The minimum absolute atomic E-state index is 0. The molecular weight excluding hydrogens is 2190 g/mol. The smallest absolute Gasteiger partial charge is 0.494 e. The van der Waals surface area contributed by atoms with E-state index < -0.39 is 29.4 Å². The molecule has 7 aliphatic rings. The monoisotopic (exact) mass is 2320 g/mol. The van der Waals surface area contributed by atoms with Gasteiger partial charge in [0.2, 0.25) is 5.91 Å². The second-order valence-corrected chi connectivity index (χ2v) is 41.5. The molecule has 2 aromatic carbocycles. The molecule has 10 aromatic rings. The number of anilines is 5. The number of Topliss-reactive ketones (excluding diaryl/α,β-unsaturated/α-hetero) is 1. The van der Waals surface area contributed by atoms with Gasteiger partial charge in [-0.1, -0.05) is 49.9 Å². The van der Waals surface area contributed by atoms with Crippen LogP contribution in [0.2, 0.25) is 0 Å². The van der Waals surface area contributed by atoms with Crippen molar-refractivity contribution < 1.29 is 71.9 Å². The Morgan fingerprint density at radius 3 is 1.34 bits per heavy atom. The zero-order valence-electron chi connectivity index (χ0n) is 77.4. The number of aromatic nitrogens is 12. The van der Waals surface area contributed by atoms with Crippen molar-refractivity contribution in [1.82, 2.24) is 68.8 Å². The summed E-state index contributed by atoms with van der Waals surface area (Å²) in [7, 11) is 1.32. The van der Waals surface area contributed by atoms with Crippen LogP contribution in [0.4, 0.5) is 38.5 Å². The summed E-state index contributed by atoms with van der Waals surface area (Å²) in [6, 6.07) is 18.4. The SMILES string of the molecule is C.C1CCOC1.CC(C)(C)OC(=O)NC(CO)CO.CC(C)(C)OC(=O)NC1COC(C2CCC(n3cc(I)c4c(N)ncnc43)CC2)OC1.CC1(C)OB(c2ccc(NC(=O)CCc3ccccc3)cc2)OC1(C)C.COC=C1CCC(n2cc(I)c3c(N)ncnc32)CC1.Cl.Nc1ncnc2c1c(I)cn2C1CCC(=O)CC1.Nc1ncnc2c1c(I)cn2C1CCC(C=O)CC1. The number of nitrogens with one attached hydrogen (secondary N) is 3. The predicted octanol–water partition coefficient (Wildman–Crippen LogP) is 17.0. The van der Waals surface area contributed by atoms with Crippen LogP contribution in [0.25, 0.3) is 44.1 Å². The van der Waals surface area contributed by atoms with Gasteiger partial charge in [-0.2, -0.15) is 0 Å². The summed E-state index contributed by atoms with van der Waals surface area (Å²) in [5.41, 5.74) is 30.0. The highest BCUT2D eigenvalue weighted by atomic mass is 127. The van der Waals surface area contributed by atoms with Crippen molar-refractivity contribution in [2.24, 2.45) is 11.8 Å². The quantitative estimate of drug-likeness (QED) is 0.0188. The average molecular weight is 2320 g/mol. The van der Waals surface area contributed by atoms with Gasteiger partial charge >= 0.3 is 19.3 Å². The fourth-order valence-electron chi connectivity index (χ4n) is 16.6. The Morgan fingerprint density at radius 1 is 0.567 bits per heavy atom. The van der Waals surface area contributed by atoms with Crippen LogP contribution >= 0.6 is 103 Å². The summed E-state index contributed by atoms with van der Waals surface area (Å²) >= 11 is 9.14. The van der Waals surface area contributed by atoms with Crippen LogP contribution in [-0.4, -0.2) is 193 Å². The Labute approximate surface area is 845 Å². The number of carbonyl (C=O) groups excluding carboxylic acids is 5. The molecule has 0 unspecified atom stereocenters. The number of aliphatic hydroxyl groups excluding tert-OH is 2. The van der Waals surface area contributed by atoms with E-state index in [1.165, 1.54) is 43.0 Å². The van der Waals surface area contributed by atoms with Crippen LogP contribution in [0.15, 0.2) is 117 Å². The summed E-state index contributed by atoms with van der Waals surface area (Å²) in [5, 5.41) is 29.1. The van der Waals surface area contributed by atoms with E-state index in [-0.39, 0.29) is 75.5 Å². The van der Waals surface area contributed by atoms with Crippen LogP contribution in [-0.2, 0) is 58.5 Å². The average Bonchev–Trinajstić information content (AvgIpc) is 1.64. The summed E-state index contributed by atoms with van der Waals surface area (Å²) < 4.78 is 57.5. The van der Waals surface area contributed by atoms with Gasteiger partial charge in [0.15, 0.2) is 6.29 Å². The van der Waals surface area contributed by atoms with Crippen LogP contribution in [0, 0.1) is 26.1 Å². The van der Waals surface area contributed by atoms with Crippen LogP contribution < -0.4 is 44.3 Å². The third-order valence-corrected chi connectivity index (χ3v) is 27.5. The highest BCUT2D eigenvalue weighted by Crippen LogP contribution is 2.43. The number of benzene rings is 2. The number of ketones is 1. The standard InChI is InChI=1S/C21H26BNO3.C21H30IN5O4.C14H17IN4O.C13H15IN4O.C12H13IN4O.C8H17NO4.C4H8O.CH4.ClH/c1-20(2)21(3,4)26-22(25-20)17-11-13-18(14-12-17)23-19(24)15-10-16-8-6-5-7-9-16;1-21(2,3)31-20(28)26-13-9-29-19(30-10-13)12-4-6-14(7-5-12)27-8-15(22)16-17(23)24-11-25-18(16)27;1-20-7-9-2-4-10(5-3-9)19-6-11(15)12-13(16)17-8-18-14(12)19;14-10-5-18(9-3-1-8(6-19)2-4-9)13-11(10)12(15)16-7-17-13;13-9-5-17(7-1-3-8(18)4-2-7)12-10(9)11(14)15-6-16-12;1-8(2,3)13-7(12)9-6(4-10)5-11;1-2-4-5-3-1;;/h5-9,11-14H,10,15H2,1-4H3,(H,23,24);8,11-14,19H,4-7,9-10H2,1-3H3,(H,26,28)(H2,23,24,25);6-8,10H,2-5H2,1H3,(H2,16,17,18);5-9H,1-4H2,(H2,15,16,17);5-7H,1-4H2,(H2,14,15,16);6,10-11H,4-5H2,1-3H3,(H,9,12);1-4H2;1H4;1H. The van der Waals surface area contributed by atoms with Gasteiger partial charge in [0, 0.05) is 113 Å². The molecule has 730 valence electrons. The third-order valence-electron chi connectivity index (χ3n) is 24.2. The van der Waals surface area contributed by atoms with E-state index in [4.69, 9.17) is 70.9 Å². The Bertz CT molecular complexity index is 5470. The molecule has 0 atom stereocenters. The second-order valence-electron chi connectivity index (χ2n) is 36.8. The van der Waals surface area contributed by atoms with Gasteiger partial charge in [-0.15, -0.1) is 12.4 Å². The van der Waals surface area contributed by atoms with E-state index in [0.29, 0.717) is 91.6 Å². The van der Waals surface area contributed by atoms with Gasteiger partial charge in [0.05, 0.1) is 84.6 Å². The number of hydrogen-bond acceptors (Lipinski definition) is 27. The lowest BCUT2D eigenvalue weighted by atomic mass is 9.79. The summed E-state index contributed by atoms with van der Waals surface area (Å²) in [5.74, 6) is 3.11. The molecule has 0 bridgehead atoms. The molecule has 3 amide bonds. The fourth-order valence-corrected chi connectivity index (χ4v) is 19.8. The van der Waals surface area contributed by atoms with Gasteiger partial charge in [0.25, 0.3) is 0 Å². The first-order valence-electron chi connectivity index (χ1n) is 45.0. The Hall–Kier alpha value is -8.00. The molecule has 0 radical (unpaired) electrons. The molecule has 40 heteroatoms. The van der Waals surface area contributed by atoms with E-state index in [1.54, 1.807) is 34.2 Å². The number of aliphatic hydroxyl groups is 2. The molecule has 8 aromatic heterocycles. The lowest BCUT2D eigenvalue weighted by molar-refractivity contribution is -0.219. The largest absolute Gasteiger partial charge is 0.504 e. The van der Waals surface area contributed by atoms with Crippen molar-refractivity contribution in [3.05, 3.63) is 136 Å². The van der Waals surface area contributed by atoms with Gasteiger partial charge in [-0.05, 0) is 297 Å². The number of nitrogens with zero attached hydrogens (tertiary/aromatic N) is 12. The summed E-state index contributed by atoms with van der Waals surface area (Å²) in [6.45, 7) is 21.1. The topological polar surface area (TPSA) is 463 Å². The van der Waals surface area contributed by atoms with Gasteiger partial charge in [0.1, 0.15) is 94.4 Å². The number of alkyl carbamates (subject to hydrolysis) is 2. The minimum Gasteiger partial charge on any atom is -0.504 e. The predicted molar refractivity (Wildman–Crippen MR) is 558 cm³/mol. The number of nitrogen functional groups attached to an aromatic ring is 4. The highest BCUT2D eigenvalue weighted by molar-refractivity contribution is 14.1. The van der Waals surface area contributed by atoms with Crippen molar-refractivity contribution in [3.63, 3.8) is 0 Å². The molecule has 11 heterocycles. The Kier molecular flexibility index (Phi) is 41.8. The lowest BCUT2D eigenvalue weighted by Gasteiger charge is -2.38. The number of aldehydes is 1. The normalized spacial score (nSPS) is 20.4. The molecule has 17 rings (SSSR count). The maximum absolute atomic E-state index is 12.1. The van der Waals surface area contributed by atoms with E-state index in [1.807, 2.05) is 109 Å². The summed E-state index contributed by atoms with van der Waals surface area (Å²) in [6.07, 6.45) is 35.5. The van der Waals surface area contributed by atoms with Gasteiger partial charge < -0.3 is 110 Å². The summed E-state index contributed by atoms with van der Waals surface area (Å²) in [4.78, 5) is 91.1. The minimum atomic E-state index is -0.658. The highest BCUT2D eigenvalue weighted by Gasteiger charge is 2.52. The number of hydrogen-bond donors (Lipinski definition) is 9. The van der Waals surface area contributed by atoms with Crippen molar-refractivity contribution in [3.8, 4) is 0 Å². The molecule has 3 saturated heterocycles.